The zero-order chi connectivity index (χ0) is 19.1. The van der Waals surface area contributed by atoms with Crippen molar-refractivity contribution in [2.24, 2.45) is 0 Å². The molecule has 3 fully saturated rings. The number of thioether (sulfide) groups is 1. The highest BCUT2D eigenvalue weighted by molar-refractivity contribution is 7.99. The highest BCUT2D eigenvalue weighted by Crippen LogP contribution is 2.30. The minimum atomic E-state index is 0.0131. The smallest absolute Gasteiger partial charge is 0.240 e. The molecule has 7 heteroatoms. The van der Waals surface area contributed by atoms with Gasteiger partial charge in [-0.2, -0.15) is 5.10 Å². The molecule has 1 N–H and O–H groups in total. The number of nitrogens with zero attached hydrogens (tertiary/aromatic N) is 4. The van der Waals surface area contributed by atoms with Crippen LogP contribution in [0.4, 0.5) is 0 Å². The lowest BCUT2D eigenvalue weighted by atomic mass is 10.0. The van der Waals surface area contributed by atoms with Crippen molar-refractivity contribution in [2.45, 2.75) is 44.3 Å². The van der Waals surface area contributed by atoms with Gasteiger partial charge in [-0.3, -0.25) is 14.4 Å². The van der Waals surface area contributed by atoms with E-state index < -0.39 is 0 Å². The van der Waals surface area contributed by atoms with Gasteiger partial charge in [0.15, 0.2) is 0 Å². The van der Waals surface area contributed by atoms with Crippen molar-refractivity contribution in [3.8, 4) is 0 Å². The van der Waals surface area contributed by atoms with Gasteiger partial charge in [0.05, 0.1) is 29.2 Å². The van der Waals surface area contributed by atoms with E-state index in [1.54, 1.807) is 0 Å². The van der Waals surface area contributed by atoms with Gasteiger partial charge < -0.3 is 10.2 Å². The van der Waals surface area contributed by atoms with Gasteiger partial charge in [0.2, 0.25) is 5.91 Å². The van der Waals surface area contributed by atoms with Crippen molar-refractivity contribution in [1.29, 1.82) is 0 Å². The molecule has 4 heterocycles. The number of rotatable bonds is 3. The van der Waals surface area contributed by atoms with Crippen LogP contribution in [-0.2, 0) is 4.79 Å². The zero-order valence-electron chi connectivity index (χ0n) is 16.5. The molecule has 0 spiro atoms. The maximum absolute atomic E-state index is 12.7. The summed E-state index contributed by atoms with van der Waals surface area (Å²) in [7, 11) is 0. The third kappa shape index (κ3) is 3.33. The highest BCUT2D eigenvalue weighted by atomic mass is 32.2. The predicted octanol–water partition coefficient (Wildman–Crippen LogP) is 2.25. The molecule has 1 aromatic carbocycles. The number of benzene rings is 1. The lowest BCUT2D eigenvalue weighted by molar-refractivity contribution is -0.131. The molecule has 150 valence electrons. The maximum Gasteiger partial charge on any atom is 0.240 e. The molecule has 28 heavy (non-hydrogen) atoms. The molecule has 3 aliphatic rings. The largest absolute Gasteiger partial charge is 0.331 e. The van der Waals surface area contributed by atoms with Crippen molar-refractivity contribution < 1.29 is 4.79 Å². The molecule has 3 saturated heterocycles. The second kappa shape index (κ2) is 7.69. The molecule has 0 bridgehead atoms. The Kier molecular flexibility index (Phi) is 5.07. The van der Waals surface area contributed by atoms with E-state index in [-0.39, 0.29) is 6.04 Å². The Morgan fingerprint density at radius 2 is 2.00 bits per heavy atom. The van der Waals surface area contributed by atoms with Gasteiger partial charge in [-0.1, -0.05) is 18.2 Å². The molecule has 5 rings (SSSR count). The summed E-state index contributed by atoms with van der Waals surface area (Å²) in [5, 5.41) is 9.61. The number of carbonyl (C=O) groups is 1. The standard InChI is InChI=1S/C21H29N5OS/c1-15-18-4-2-3-5-20(18)26(23-15)16-6-8-24(9-7-16)17-12-19(22-13-17)21(27)25-10-11-28-14-25/h2-5,16-17,19,22H,6-14H2,1H3/t17-,19-/m0/s1. The van der Waals surface area contributed by atoms with Crippen LogP contribution < -0.4 is 5.32 Å². The molecule has 2 aromatic rings. The van der Waals surface area contributed by atoms with Crippen LogP contribution in [0.2, 0.25) is 0 Å². The predicted molar refractivity (Wildman–Crippen MR) is 114 cm³/mol. The monoisotopic (exact) mass is 399 g/mol. The van der Waals surface area contributed by atoms with Crippen LogP contribution in [0.3, 0.4) is 0 Å². The average Bonchev–Trinajstić information content (AvgIpc) is 3.49. The Labute approximate surface area is 170 Å². The number of hydrogen-bond acceptors (Lipinski definition) is 5. The van der Waals surface area contributed by atoms with Gasteiger partial charge >= 0.3 is 0 Å². The summed E-state index contributed by atoms with van der Waals surface area (Å²) >= 11 is 1.86. The van der Waals surface area contributed by atoms with Crippen molar-refractivity contribution in [3.63, 3.8) is 0 Å². The van der Waals surface area contributed by atoms with Crippen molar-refractivity contribution in [3.05, 3.63) is 30.0 Å². The summed E-state index contributed by atoms with van der Waals surface area (Å²) in [6.45, 7) is 6.13. The van der Waals surface area contributed by atoms with Crippen LogP contribution in [0, 0.1) is 6.92 Å². The van der Waals surface area contributed by atoms with E-state index in [9.17, 15) is 4.79 Å². The number of carbonyl (C=O) groups excluding carboxylic acids is 1. The van der Waals surface area contributed by atoms with E-state index in [1.807, 2.05) is 16.7 Å². The number of aromatic nitrogens is 2. The third-order valence-corrected chi connectivity index (χ3v) is 7.60. The Balaban J connectivity index is 1.20. The molecule has 6 nitrogen and oxygen atoms in total. The molecular formula is C21H29N5OS. The van der Waals surface area contributed by atoms with Gasteiger partial charge in [-0.25, -0.2) is 0 Å². The maximum atomic E-state index is 12.7. The van der Waals surface area contributed by atoms with E-state index in [0.29, 0.717) is 18.0 Å². The number of amides is 1. The summed E-state index contributed by atoms with van der Waals surface area (Å²) in [4.78, 5) is 17.3. The molecule has 0 saturated carbocycles. The van der Waals surface area contributed by atoms with Gasteiger partial charge in [0, 0.05) is 43.4 Å². The minimum absolute atomic E-state index is 0.0131. The van der Waals surface area contributed by atoms with Crippen LogP contribution >= 0.6 is 11.8 Å². The van der Waals surface area contributed by atoms with Crippen LogP contribution in [0.15, 0.2) is 24.3 Å². The van der Waals surface area contributed by atoms with Crippen molar-refractivity contribution in [2.75, 3.05) is 37.8 Å². The lowest BCUT2D eigenvalue weighted by Gasteiger charge is -2.36. The topological polar surface area (TPSA) is 53.4 Å². The number of fused-ring (bicyclic) bond motifs is 1. The van der Waals surface area contributed by atoms with E-state index in [2.05, 4.69) is 46.1 Å². The second-order valence-electron chi connectivity index (χ2n) is 8.30. The van der Waals surface area contributed by atoms with Gasteiger partial charge in [-0.05, 0) is 32.3 Å². The Morgan fingerprint density at radius 3 is 2.79 bits per heavy atom. The van der Waals surface area contributed by atoms with E-state index >= 15 is 0 Å². The van der Waals surface area contributed by atoms with E-state index in [4.69, 9.17) is 5.10 Å². The number of aryl methyl sites for hydroxylation is 1. The second-order valence-corrected chi connectivity index (χ2v) is 9.38. The summed E-state index contributed by atoms with van der Waals surface area (Å²) in [6.07, 6.45) is 3.21. The van der Waals surface area contributed by atoms with Crippen molar-refractivity contribution >= 4 is 28.6 Å². The highest BCUT2D eigenvalue weighted by Gasteiger charge is 2.37. The van der Waals surface area contributed by atoms with Crippen LogP contribution in [0.5, 0.6) is 0 Å². The first-order chi connectivity index (χ1) is 13.7. The van der Waals surface area contributed by atoms with Gasteiger partial charge in [0.1, 0.15) is 0 Å². The fourth-order valence-electron chi connectivity index (χ4n) is 5.01. The summed E-state index contributed by atoms with van der Waals surface area (Å²) in [6, 6.07) is 9.54. The minimum Gasteiger partial charge on any atom is -0.331 e. The van der Waals surface area contributed by atoms with Gasteiger partial charge in [-0.15, -0.1) is 11.8 Å². The Hall–Kier alpha value is -1.57. The van der Waals surface area contributed by atoms with Crippen LogP contribution in [-0.4, -0.2) is 75.4 Å². The molecule has 3 aliphatic heterocycles. The lowest BCUT2D eigenvalue weighted by Crippen LogP contribution is -2.43. The molecule has 0 aliphatic carbocycles. The first kappa shape index (κ1) is 18.5. The van der Waals surface area contributed by atoms with E-state index in [0.717, 1.165) is 62.8 Å². The molecular weight excluding hydrogens is 370 g/mol. The first-order valence-electron chi connectivity index (χ1n) is 10.5. The van der Waals surface area contributed by atoms with Crippen LogP contribution in [0.1, 0.15) is 31.0 Å². The number of hydrogen-bond donors (Lipinski definition) is 1. The molecule has 0 radical (unpaired) electrons. The number of para-hydroxylation sites is 1. The summed E-state index contributed by atoms with van der Waals surface area (Å²) in [5.41, 5.74) is 2.38. The SMILES string of the molecule is Cc1nn(C2CCN([C@@H]3CN[C@H](C(=O)N4CCSC4)C3)CC2)c2ccccc12. The quantitative estimate of drug-likeness (QED) is 0.858. The summed E-state index contributed by atoms with van der Waals surface area (Å²) < 4.78 is 2.26. The molecule has 2 atom stereocenters. The Bertz CT molecular complexity index is 854. The number of piperidine rings is 1. The average molecular weight is 400 g/mol. The molecule has 1 aromatic heterocycles. The fourth-order valence-corrected chi connectivity index (χ4v) is 5.97. The Morgan fingerprint density at radius 1 is 1.18 bits per heavy atom. The summed E-state index contributed by atoms with van der Waals surface area (Å²) in [5.74, 6) is 2.25. The third-order valence-electron chi connectivity index (χ3n) is 6.63. The van der Waals surface area contributed by atoms with Crippen molar-refractivity contribution in [1.82, 2.24) is 24.9 Å². The van der Waals surface area contributed by atoms with Gasteiger partial charge in [0.25, 0.3) is 0 Å². The number of nitrogens with one attached hydrogen (secondary N) is 1. The normalized spacial score (nSPS) is 27.1. The van der Waals surface area contributed by atoms with E-state index in [1.165, 1.54) is 10.9 Å². The number of likely N-dealkylation sites (tertiary alicyclic amines) is 1. The zero-order valence-corrected chi connectivity index (χ0v) is 17.3. The fraction of sp³-hybridized carbons (Fsp3) is 0.619. The van der Waals surface area contributed by atoms with Crippen LogP contribution in [0.25, 0.3) is 10.9 Å². The molecule has 1 amide bonds. The first-order valence-corrected chi connectivity index (χ1v) is 11.6. The molecule has 0 unspecified atom stereocenters.